The molecule has 1 aromatic carbocycles. The van der Waals surface area contributed by atoms with Crippen LogP contribution in [0.25, 0.3) is 10.9 Å². The smallest absolute Gasteiger partial charge is 0.231 e. The lowest BCUT2D eigenvalue weighted by Crippen LogP contribution is -2.18. The molecule has 0 saturated carbocycles. The number of hydrogen-bond acceptors (Lipinski definition) is 3. The third kappa shape index (κ3) is 1.56. The predicted molar refractivity (Wildman–Crippen MR) is 71.1 cm³/mol. The summed E-state index contributed by atoms with van der Waals surface area (Å²) < 4.78 is 13.1. The Labute approximate surface area is 106 Å². The molecule has 0 saturated heterocycles. The van der Waals surface area contributed by atoms with Gasteiger partial charge in [0.25, 0.3) is 0 Å². The monoisotopic (exact) mass is 246 g/mol. The van der Waals surface area contributed by atoms with E-state index in [9.17, 15) is 0 Å². The van der Waals surface area contributed by atoms with Crippen LogP contribution >= 0.6 is 0 Å². The molecule has 1 aliphatic rings. The summed E-state index contributed by atoms with van der Waals surface area (Å²) in [5.41, 5.74) is 9.68. The fourth-order valence-electron chi connectivity index (χ4n) is 2.61. The van der Waals surface area contributed by atoms with Crippen molar-refractivity contribution in [2.45, 2.75) is 26.3 Å². The molecule has 1 aliphatic heterocycles. The van der Waals surface area contributed by atoms with E-state index >= 15 is 0 Å². The first-order valence-electron chi connectivity index (χ1n) is 6.21. The number of fused-ring (bicyclic) bond motifs is 2. The van der Waals surface area contributed by atoms with Crippen molar-refractivity contribution in [3.05, 3.63) is 23.4 Å². The zero-order chi connectivity index (χ0) is 12.9. The third-order valence-corrected chi connectivity index (χ3v) is 3.64. The molecule has 0 amide bonds. The van der Waals surface area contributed by atoms with Gasteiger partial charge in [-0.15, -0.1) is 0 Å². The fraction of sp³-hybridized carbons (Fsp3) is 0.429. The number of rotatable bonds is 2. The van der Waals surface area contributed by atoms with Crippen molar-refractivity contribution in [1.82, 2.24) is 4.57 Å². The van der Waals surface area contributed by atoms with Crippen molar-refractivity contribution in [2.75, 3.05) is 6.79 Å². The van der Waals surface area contributed by atoms with Crippen LogP contribution in [0, 0.1) is 6.92 Å². The van der Waals surface area contributed by atoms with Gasteiger partial charge in [0.1, 0.15) is 0 Å². The van der Waals surface area contributed by atoms with E-state index in [4.69, 9.17) is 15.2 Å². The molecular weight excluding hydrogens is 228 g/mol. The van der Waals surface area contributed by atoms with Gasteiger partial charge in [-0.3, -0.25) is 0 Å². The molecular formula is C14H18N2O2. The first-order chi connectivity index (χ1) is 8.58. The maximum Gasteiger partial charge on any atom is 0.231 e. The van der Waals surface area contributed by atoms with Gasteiger partial charge in [0.2, 0.25) is 6.79 Å². The number of nitrogens with two attached hydrogens (primary N) is 1. The van der Waals surface area contributed by atoms with Gasteiger partial charge in [0.15, 0.2) is 11.5 Å². The van der Waals surface area contributed by atoms with E-state index in [1.807, 2.05) is 6.92 Å². The Morgan fingerprint density at radius 1 is 1.33 bits per heavy atom. The van der Waals surface area contributed by atoms with E-state index in [1.54, 1.807) is 0 Å². The largest absolute Gasteiger partial charge is 0.454 e. The van der Waals surface area contributed by atoms with Gasteiger partial charge in [-0.25, -0.2) is 0 Å². The second-order valence-corrected chi connectivity index (χ2v) is 5.03. The van der Waals surface area contributed by atoms with Crippen LogP contribution in [0.3, 0.4) is 0 Å². The summed E-state index contributed by atoms with van der Waals surface area (Å²) in [6, 6.07) is 4.28. The van der Waals surface area contributed by atoms with Gasteiger partial charge >= 0.3 is 0 Å². The number of aromatic nitrogens is 1. The average Bonchev–Trinajstić information content (AvgIpc) is 2.86. The molecule has 1 aromatic heterocycles. The van der Waals surface area contributed by atoms with Crippen molar-refractivity contribution in [1.29, 1.82) is 0 Å². The molecule has 0 aliphatic carbocycles. The second-order valence-electron chi connectivity index (χ2n) is 5.03. The van der Waals surface area contributed by atoms with Crippen LogP contribution < -0.4 is 15.2 Å². The summed E-state index contributed by atoms with van der Waals surface area (Å²) in [4.78, 5) is 0. The van der Waals surface area contributed by atoms with Gasteiger partial charge < -0.3 is 19.8 Å². The Hall–Kier alpha value is -1.68. The van der Waals surface area contributed by atoms with E-state index in [-0.39, 0.29) is 6.04 Å². The minimum atomic E-state index is 0.153. The van der Waals surface area contributed by atoms with Crippen LogP contribution in [0.4, 0.5) is 0 Å². The Kier molecular flexibility index (Phi) is 2.48. The molecule has 2 aromatic rings. The predicted octanol–water partition coefficient (Wildman–Crippen LogP) is 2.11. The molecule has 1 unspecified atom stereocenters. The van der Waals surface area contributed by atoms with E-state index in [0.29, 0.717) is 6.79 Å². The van der Waals surface area contributed by atoms with Gasteiger partial charge in [0, 0.05) is 30.2 Å². The van der Waals surface area contributed by atoms with Crippen LogP contribution in [0.1, 0.15) is 18.2 Å². The molecule has 18 heavy (non-hydrogen) atoms. The average molecular weight is 246 g/mol. The quantitative estimate of drug-likeness (QED) is 0.882. The van der Waals surface area contributed by atoms with Gasteiger partial charge in [-0.2, -0.15) is 0 Å². The first kappa shape index (κ1) is 11.4. The van der Waals surface area contributed by atoms with E-state index < -0.39 is 0 Å². The SMILES string of the molecule is Cc1c(CC(C)N)c2cc3c(cc2n1C)OCO3. The van der Waals surface area contributed by atoms with Gasteiger partial charge in [-0.05, 0) is 31.9 Å². The van der Waals surface area contributed by atoms with E-state index in [2.05, 4.69) is 30.7 Å². The summed E-state index contributed by atoms with van der Waals surface area (Å²) >= 11 is 0. The second kappa shape index (κ2) is 3.92. The van der Waals surface area contributed by atoms with Crippen molar-refractivity contribution < 1.29 is 9.47 Å². The first-order valence-corrected chi connectivity index (χ1v) is 6.21. The Morgan fingerprint density at radius 3 is 2.67 bits per heavy atom. The highest BCUT2D eigenvalue weighted by Gasteiger charge is 2.20. The molecule has 4 heteroatoms. The molecule has 2 N–H and O–H groups in total. The molecule has 1 atom stereocenters. The van der Waals surface area contributed by atoms with Crippen LogP contribution in [0.5, 0.6) is 11.5 Å². The zero-order valence-corrected chi connectivity index (χ0v) is 11.0. The van der Waals surface area contributed by atoms with Crippen molar-refractivity contribution >= 4 is 10.9 Å². The zero-order valence-electron chi connectivity index (χ0n) is 11.0. The summed E-state index contributed by atoms with van der Waals surface area (Å²) in [5, 5.41) is 1.22. The highest BCUT2D eigenvalue weighted by molar-refractivity contribution is 5.89. The van der Waals surface area contributed by atoms with Crippen molar-refractivity contribution in [3.63, 3.8) is 0 Å². The maximum absolute atomic E-state index is 5.94. The van der Waals surface area contributed by atoms with Crippen molar-refractivity contribution in [2.24, 2.45) is 12.8 Å². The normalized spacial score (nSPS) is 15.3. The summed E-state index contributed by atoms with van der Waals surface area (Å²) in [6.45, 7) is 4.48. The minimum absolute atomic E-state index is 0.153. The lowest BCUT2D eigenvalue weighted by atomic mass is 10.0. The van der Waals surface area contributed by atoms with Crippen LogP contribution in [0.2, 0.25) is 0 Å². The third-order valence-electron chi connectivity index (χ3n) is 3.64. The Morgan fingerprint density at radius 2 is 2.00 bits per heavy atom. The minimum Gasteiger partial charge on any atom is -0.454 e. The van der Waals surface area contributed by atoms with E-state index in [1.165, 1.54) is 22.2 Å². The number of benzene rings is 1. The molecule has 0 bridgehead atoms. The van der Waals surface area contributed by atoms with Crippen LogP contribution in [-0.4, -0.2) is 17.4 Å². The Balaban J connectivity index is 2.25. The standard InChI is InChI=1S/C14H18N2O2/c1-8(15)4-10-9(2)16(3)12-6-14-13(5-11(10)12)17-7-18-14/h5-6,8H,4,7,15H2,1-3H3. The molecule has 0 spiro atoms. The molecule has 2 heterocycles. The highest BCUT2D eigenvalue weighted by atomic mass is 16.7. The number of nitrogens with zero attached hydrogens (tertiary/aromatic N) is 1. The van der Waals surface area contributed by atoms with Gasteiger partial charge in [0.05, 0.1) is 5.52 Å². The lowest BCUT2D eigenvalue weighted by Gasteiger charge is -2.05. The number of hydrogen-bond donors (Lipinski definition) is 1. The fourth-order valence-corrected chi connectivity index (χ4v) is 2.61. The van der Waals surface area contributed by atoms with Crippen molar-refractivity contribution in [3.8, 4) is 11.5 Å². The molecule has 96 valence electrons. The number of aryl methyl sites for hydroxylation is 1. The van der Waals surface area contributed by atoms with Crippen LogP contribution in [0.15, 0.2) is 12.1 Å². The molecule has 0 fully saturated rings. The van der Waals surface area contributed by atoms with Gasteiger partial charge in [-0.1, -0.05) is 0 Å². The maximum atomic E-state index is 5.94. The summed E-state index contributed by atoms with van der Waals surface area (Å²) in [6.07, 6.45) is 0.878. The summed E-state index contributed by atoms with van der Waals surface area (Å²) in [5.74, 6) is 1.66. The van der Waals surface area contributed by atoms with Crippen LogP contribution in [-0.2, 0) is 13.5 Å². The number of ether oxygens (including phenoxy) is 2. The summed E-state index contributed by atoms with van der Waals surface area (Å²) in [7, 11) is 2.07. The molecule has 0 radical (unpaired) electrons. The molecule has 4 nitrogen and oxygen atoms in total. The Bertz CT molecular complexity index is 614. The van der Waals surface area contributed by atoms with E-state index in [0.717, 1.165) is 17.9 Å². The highest BCUT2D eigenvalue weighted by Crippen LogP contribution is 2.38. The topological polar surface area (TPSA) is 49.4 Å². The lowest BCUT2D eigenvalue weighted by molar-refractivity contribution is 0.174. The molecule has 3 rings (SSSR count).